The van der Waals surface area contributed by atoms with Gasteiger partial charge in [0.05, 0.1) is 13.2 Å². The van der Waals surface area contributed by atoms with Gasteiger partial charge in [-0.15, -0.1) is 0 Å². The van der Waals surface area contributed by atoms with Crippen LogP contribution in [-0.2, 0) is 6.54 Å². The number of rotatable bonds is 3. The lowest BCUT2D eigenvalue weighted by molar-refractivity contribution is 0.305. The molecule has 0 aliphatic carbocycles. The molecule has 1 heterocycles. The summed E-state index contributed by atoms with van der Waals surface area (Å²) in [4.78, 5) is 11.7. The van der Waals surface area contributed by atoms with Crippen LogP contribution in [-0.4, -0.2) is 16.3 Å². The number of hydrogen-bond acceptors (Lipinski definition) is 2. The zero-order chi connectivity index (χ0) is 13.5. The largest absolute Gasteiger partial charge is 0.395 e. The highest BCUT2D eigenvalue weighted by Gasteiger charge is 2.01. The minimum absolute atomic E-state index is 0.0272. The molecule has 2 aromatic rings. The van der Waals surface area contributed by atoms with Gasteiger partial charge in [-0.3, -0.25) is 4.79 Å². The molecule has 0 radical (unpaired) electrons. The Labute approximate surface area is 112 Å². The molecule has 0 atom stereocenters. The van der Waals surface area contributed by atoms with Crippen molar-refractivity contribution >= 4 is 0 Å². The maximum absolute atomic E-state index is 11.7. The van der Waals surface area contributed by atoms with Crippen molar-refractivity contribution in [2.75, 3.05) is 6.61 Å². The fraction of sp³-hybridized carbons (Fsp3) is 0.188. The van der Waals surface area contributed by atoms with Crippen molar-refractivity contribution in [1.29, 1.82) is 0 Å². The fourth-order valence-electron chi connectivity index (χ4n) is 1.77. The lowest BCUT2D eigenvalue weighted by atomic mass is 10.1. The number of aromatic nitrogens is 1. The Morgan fingerprint density at radius 1 is 1.11 bits per heavy atom. The van der Waals surface area contributed by atoms with E-state index in [2.05, 4.69) is 11.8 Å². The average Bonchev–Trinajstić information content (AvgIpc) is 2.43. The fourth-order valence-corrected chi connectivity index (χ4v) is 1.77. The Hall–Kier alpha value is -2.31. The van der Waals surface area contributed by atoms with Crippen molar-refractivity contribution in [1.82, 2.24) is 4.57 Å². The smallest absolute Gasteiger partial charge is 0.250 e. The van der Waals surface area contributed by atoms with Crippen molar-refractivity contribution in [2.24, 2.45) is 0 Å². The van der Waals surface area contributed by atoms with Gasteiger partial charge in [-0.2, -0.15) is 0 Å². The summed E-state index contributed by atoms with van der Waals surface area (Å²) >= 11 is 0. The monoisotopic (exact) mass is 253 g/mol. The minimum atomic E-state index is -0.0272. The Kier molecular flexibility index (Phi) is 4.54. The maximum atomic E-state index is 11.7. The quantitative estimate of drug-likeness (QED) is 0.845. The molecule has 1 aromatic carbocycles. The zero-order valence-corrected chi connectivity index (χ0v) is 10.5. The molecular formula is C16H15NO2. The second-order valence-electron chi connectivity index (χ2n) is 4.10. The SMILES string of the molecule is O=c1ccccn1Cc1ccccc1C#CCCO. The normalized spacial score (nSPS) is 9.74. The third kappa shape index (κ3) is 3.57. The molecule has 3 nitrogen and oxygen atoms in total. The highest BCUT2D eigenvalue weighted by molar-refractivity contribution is 5.41. The van der Waals surface area contributed by atoms with Crippen LogP contribution in [0.15, 0.2) is 53.5 Å². The van der Waals surface area contributed by atoms with Crippen LogP contribution < -0.4 is 5.56 Å². The van der Waals surface area contributed by atoms with Gasteiger partial charge >= 0.3 is 0 Å². The molecule has 96 valence electrons. The highest BCUT2D eigenvalue weighted by Crippen LogP contribution is 2.08. The maximum Gasteiger partial charge on any atom is 0.250 e. The van der Waals surface area contributed by atoms with Gasteiger partial charge in [0.1, 0.15) is 0 Å². The molecule has 0 amide bonds. The molecule has 19 heavy (non-hydrogen) atoms. The van der Waals surface area contributed by atoms with E-state index in [1.165, 1.54) is 0 Å². The van der Waals surface area contributed by atoms with Crippen molar-refractivity contribution in [2.45, 2.75) is 13.0 Å². The second kappa shape index (κ2) is 6.58. The molecule has 0 aliphatic heterocycles. The van der Waals surface area contributed by atoms with E-state index in [1.54, 1.807) is 22.9 Å². The molecule has 0 saturated heterocycles. The van der Waals surface area contributed by atoms with Crippen LogP contribution in [0.4, 0.5) is 0 Å². The van der Waals surface area contributed by atoms with Gasteiger partial charge in [-0.25, -0.2) is 0 Å². The van der Waals surface area contributed by atoms with Gasteiger partial charge in [-0.05, 0) is 17.7 Å². The van der Waals surface area contributed by atoms with Gasteiger partial charge in [0.25, 0.3) is 5.56 Å². The average molecular weight is 253 g/mol. The number of benzene rings is 1. The third-order valence-corrected chi connectivity index (χ3v) is 2.72. The van der Waals surface area contributed by atoms with Crippen LogP contribution in [0.3, 0.4) is 0 Å². The van der Waals surface area contributed by atoms with Crippen LogP contribution in [0.5, 0.6) is 0 Å². The molecular weight excluding hydrogens is 238 g/mol. The van der Waals surface area contributed by atoms with Crippen molar-refractivity contribution < 1.29 is 5.11 Å². The lowest BCUT2D eigenvalue weighted by Gasteiger charge is -2.07. The van der Waals surface area contributed by atoms with E-state index < -0.39 is 0 Å². The Balaban J connectivity index is 2.29. The van der Waals surface area contributed by atoms with E-state index in [1.807, 2.05) is 30.3 Å². The number of pyridine rings is 1. The zero-order valence-electron chi connectivity index (χ0n) is 10.5. The van der Waals surface area contributed by atoms with E-state index >= 15 is 0 Å². The van der Waals surface area contributed by atoms with E-state index in [9.17, 15) is 4.79 Å². The van der Waals surface area contributed by atoms with Gasteiger partial charge in [0.2, 0.25) is 0 Å². The van der Waals surface area contributed by atoms with Crippen LogP contribution in [0, 0.1) is 11.8 Å². The molecule has 0 fully saturated rings. The standard InChI is InChI=1S/C16H15NO2/c18-12-6-4-8-14-7-1-2-9-15(14)13-17-11-5-3-10-16(17)19/h1-3,5,7,9-11,18H,6,12-13H2. The molecule has 0 aliphatic rings. The van der Waals surface area contributed by atoms with E-state index in [0.29, 0.717) is 13.0 Å². The predicted octanol–water partition coefficient (Wildman–Crippen LogP) is 1.63. The third-order valence-electron chi connectivity index (χ3n) is 2.72. The summed E-state index contributed by atoms with van der Waals surface area (Å²) in [5.74, 6) is 5.93. The first kappa shape index (κ1) is 13.1. The summed E-state index contributed by atoms with van der Waals surface area (Å²) < 4.78 is 1.65. The molecule has 1 aromatic heterocycles. The minimum Gasteiger partial charge on any atom is -0.395 e. The van der Waals surface area contributed by atoms with E-state index in [-0.39, 0.29) is 12.2 Å². The van der Waals surface area contributed by atoms with Gasteiger partial charge in [0.15, 0.2) is 0 Å². The van der Waals surface area contributed by atoms with Gasteiger partial charge < -0.3 is 9.67 Å². The lowest BCUT2D eigenvalue weighted by Crippen LogP contribution is -2.18. The van der Waals surface area contributed by atoms with Crippen molar-refractivity contribution in [3.05, 3.63) is 70.1 Å². The summed E-state index contributed by atoms with van der Waals surface area (Å²) in [6.07, 6.45) is 2.22. The molecule has 2 rings (SSSR count). The highest BCUT2D eigenvalue weighted by atomic mass is 16.2. The Bertz CT molecular complexity index is 662. The molecule has 0 saturated carbocycles. The number of nitrogens with zero attached hydrogens (tertiary/aromatic N) is 1. The summed E-state index contributed by atoms with van der Waals surface area (Å²) in [6, 6.07) is 12.8. The summed E-state index contributed by atoms with van der Waals surface area (Å²) in [5.41, 5.74) is 1.87. The second-order valence-corrected chi connectivity index (χ2v) is 4.10. The topological polar surface area (TPSA) is 42.2 Å². The number of hydrogen-bond donors (Lipinski definition) is 1. The summed E-state index contributed by atoms with van der Waals surface area (Å²) in [7, 11) is 0. The summed E-state index contributed by atoms with van der Waals surface area (Å²) in [5, 5.41) is 8.74. The van der Waals surface area contributed by atoms with Crippen LogP contribution in [0.1, 0.15) is 17.5 Å². The Morgan fingerprint density at radius 3 is 2.68 bits per heavy atom. The van der Waals surface area contributed by atoms with Gasteiger partial charge in [0, 0.05) is 24.2 Å². The molecule has 0 unspecified atom stereocenters. The first-order valence-electron chi connectivity index (χ1n) is 6.14. The molecule has 0 bridgehead atoms. The van der Waals surface area contributed by atoms with Crippen molar-refractivity contribution in [3.63, 3.8) is 0 Å². The van der Waals surface area contributed by atoms with Gasteiger partial charge in [-0.1, -0.05) is 36.1 Å². The molecule has 1 N–H and O–H groups in total. The Morgan fingerprint density at radius 2 is 1.89 bits per heavy atom. The number of aliphatic hydroxyl groups excluding tert-OH is 1. The van der Waals surface area contributed by atoms with Crippen LogP contribution in [0.25, 0.3) is 0 Å². The van der Waals surface area contributed by atoms with Crippen LogP contribution in [0.2, 0.25) is 0 Å². The molecule has 0 spiro atoms. The first-order chi connectivity index (χ1) is 9.31. The predicted molar refractivity (Wildman–Crippen MR) is 74.8 cm³/mol. The number of aliphatic hydroxyl groups is 1. The van der Waals surface area contributed by atoms with E-state index in [4.69, 9.17) is 5.11 Å². The summed E-state index contributed by atoms with van der Waals surface area (Å²) in [6.45, 7) is 0.566. The van der Waals surface area contributed by atoms with E-state index in [0.717, 1.165) is 11.1 Å². The molecule has 3 heteroatoms. The first-order valence-corrected chi connectivity index (χ1v) is 6.14. The van der Waals surface area contributed by atoms with Crippen molar-refractivity contribution in [3.8, 4) is 11.8 Å². The van der Waals surface area contributed by atoms with Crippen LogP contribution >= 0.6 is 0 Å².